The number of aromatic nitrogens is 4. The minimum Gasteiger partial charge on any atom is -0.394 e. The van der Waals surface area contributed by atoms with Gasteiger partial charge in [0.1, 0.15) is 35.8 Å². The van der Waals surface area contributed by atoms with Crippen molar-refractivity contribution in [2.24, 2.45) is 0 Å². The zero-order chi connectivity index (χ0) is 18.7. The van der Waals surface area contributed by atoms with Gasteiger partial charge in [-0.3, -0.25) is 9.47 Å². The predicted octanol–water partition coefficient (Wildman–Crippen LogP) is -1.65. The van der Waals surface area contributed by atoms with Gasteiger partial charge in [0.15, 0.2) is 11.9 Å². The van der Waals surface area contributed by atoms with E-state index in [9.17, 15) is 15.3 Å². The van der Waals surface area contributed by atoms with Crippen LogP contribution in [0, 0.1) is 23.7 Å². The first-order chi connectivity index (χ1) is 12.5. The summed E-state index contributed by atoms with van der Waals surface area (Å²) >= 11 is 0. The van der Waals surface area contributed by atoms with E-state index in [2.05, 4.69) is 38.6 Å². The highest BCUT2D eigenvalue weighted by molar-refractivity contribution is 5.76. The van der Waals surface area contributed by atoms with Crippen molar-refractivity contribution in [3.05, 3.63) is 18.3 Å². The summed E-state index contributed by atoms with van der Waals surface area (Å²) in [6, 6.07) is 0. The molecule has 4 atom stereocenters. The lowest BCUT2D eigenvalue weighted by atomic mass is 10.1. The maximum Gasteiger partial charge on any atom is 0.166 e. The molecule has 9 nitrogen and oxygen atoms in total. The minimum atomic E-state index is -1.22. The molecule has 136 valence electrons. The lowest BCUT2D eigenvalue weighted by Gasteiger charge is -2.16. The molecule has 0 aromatic carbocycles. The van der Waals surface area contributed by atoms with E-state index < -0.39 is 31.1 Å². The van der Waals surface area contributed by atoms with Crippen molar-refractivity contribution in [3.8, 4) is 23.7 Å². The number of fused-ring (bicyclic) bond motifs is 1. The van der Waals surface area contributed by atoms with Gasteiger partial charge < -0.3 is 20.1 Å². The van der Waals surface area contributed by atoms with Crippen molar-refractivity contribution < 1.29 is 20.1 Å². The SMILES string of the molecule is CN(C)CC#CC#Cc1ncnc2c1ncn2[C@@H]1O[C@H](CO)[C@@H](O)[C@H]1O. The Balaban J connectivity index is 1.90. The highest BCUT2D eigenvalue weighted by Gasteiger charge is 2.43. The Morgan fingerprint density at radius 1 is 1.19 bits per heavy atom. The van der Waals surface area contributed by atoms with Crippen molar-refractivity contribution in [1.29, 1.82) is 0 Å². The molecule has 2 aromatic heterocycles. The third kappa shape index (κ3) is 3.53. The Kier molecular flexibility index (Phi) is 5.47. The molecule has 1 saturated heterocycles. The third-order valence-corrected chi connectivity index (χ3v) is 3.88. The Morgan fingerprint density at radius 3 is 2.69 bits per heavy atom. The fourth-order valence-corrected chi connectivity index (χ4v) is 2.57. The second-order valence-corrected chi connectivity index (χ2v) is 6.06. The number of aliphatic hydroxyl groups excluding tert-OH is 3. The van der Waals surface area contributed by atoms with Crippen molar-refractivity contribution in [2.45, 2.75) is 24.5 Å². The van der Waals surface area contributed by atoms with Gasteiger partial charge in [0.05, 0.1) is 19.5 Å². The number of ether oxygens (including phenoxy) is 1. The van der Waals surface area contributed by atoms with Crippen LogP contribution in [0.4, 0.5) is 0 Å². The Hall–Kier alpha value is -2.53. The molecule has 0 spiro atoms. The normalized spacial score (nSPS) is 25.0. The molecule has 0 aliphatic carbocycles. The molecule has 1 aliphatic heterocycles. The maximum absolute atomic E-state index is 10.2. The standard InChI is InChI=1S/C17H19N5O4/c1-21(2)7-5-3-4-6-11-13-16(19-9-18-11)22(10-20-13)17-15(25)14(24)12(8-23)26-17/h9-10,12,14-15,17,23-25H,7-8H2,1-2H3/t12-,14-,15-,17-/m1/s1. The van der Waals surface area contributed by atoms with Crippen LogP contribution < -0.4 is 0 Å². The summed E-state index contributed by atoms with van der Waals surface area (Å²) in [6.07, 6.45) is -1.44. The van der Waals surface area contributed by atoms with Gasteiger partial charge in [-0.25, -0.2) is 15.0 Å². The topological polar surface area (TPSA) is 117 Å². The molecule has 9 heteroatoms. The number of imidazole rings is 1. The van der Waals surface area contributed by atoms with E-state index in [1.807, 2.05) is 19.0 Å². The quantitative estimate of drug-likeness (QED) is 0.560. The van der Waals surface area contributed by atoms with Crippen molar-refractivity contribution in [3.63, 3.8) is 0 Å². The van der Waals surface area contributed by atoms with Gasteiger partial charge in [0.25, 0.3) is 0 Å². The van der Waals surface area contributed by atoms with Crippen LogP contribution in [0.1, 0.15) is 11.9 Å². The van der Waals surface area contributed by atoms with Crippen LogP contribution in [0.25, 0.3) is 11.2 Å². The van der Waals surface area contributed by atoms with Crippen LogP contribution in [0.5, 0.6) is 0 Å². The molecular formula is C17H19N5O4. The van der Waals surface area contributed by atoms with Gasteiger partial charge in [-0.15, -0.1) is 0 Å². The molecule has 26 heavy (non-hydrogen) atoms. The van der Waals surface area contributed by atoms with Crippen LogP contribution in [-0.4, -0.2) is 85.3 Å². The number of hydrogen-bond acceptors (Lipinski definition) is 8. The molecule has 2 aromatic rings. The Bertz CT molecular complexity index is 904. The first-order valence-corrected chi connectivity index (χ1v) is 7.96. The highest BCUT2D eigenvalue weighted by atomic mass is 16.6. The third-order valence-electron chi connectivity index (χ3n) is 3.88. The number of rotatable bonds is 3. The number of hydrogen-bond donors (Lipinski definition) is 3. The van der Waals surface area contributed by atoms with Crippen LogP contribution in [0.3, 0.4) is 0 Å². The van der Waals surface area contributed by atoms with Crippen LogP contribution in [0.15, 0.2) is 12.7 Å². The first kappa shape index (κ1) is 18.3. The van der Waals surface area contributed by atoms with E-state index in [0.29, 0.717) is 23.4 Å². The molecular weight excluding hydrogens is 338 g/mol. The molecule has 0 bridgehead atoms. The lowest BCUT2D eigenvalue weighted by Crippen LogP contribution is -2.33. The molecule has 0 amide bonds. The zero-order valence-electron chi connectivity index (χ0n) is 14.4. The summed E-state index contributed by atoms with van der Waals surface area (Å²) in [6.45, 7) is 0.201. The monoisotopic (exact) mass is 357 g/mol. The summed E-state index contributed by atoms with van der Waals surface area (Å²) in [4.78, 5) is 14.5. The average Bonchev–Trinajstić information content (AvgIpc) is 3.17. The maximum atomic E-state index is 10.2. The van der Waals surface area contributed by atoms with Gasteiger partial charge in [0, 0.05) is 0 Å². The highest BCUT2D eigenvalue weighted by Crippen LogP contribution is 2.31. The fraction of sp³-hybridized carbons (Fsp3) is 0.471. The summed E-state index contributed by atoms with van der Waals surface area (Å²) in [5, 5.41) is 29.3. The Morgan fingerprint density at radius 2 is 2.00 bits per heavy atom. The fourth-order valence-electron chi connectivity index (χ4n) is 2.57. The van der Waals surface area contributed by atoms with E-state index in [1.165, 1.54) is 17.2 Å². The van der Waals surface area contributed by atoms with Gasteiger partial charge in [-0.2, -0.15) is 0 Å². The van der Waals surface area contributed by atoms with Crippen molar-refractivity contribution >= 4 is 11.2 Å². The number of aliphatic hydroxyl groups is 3. The van der Waals surface area contributed by atoms with E-state index in [-0.39, 0.29) is 0 Å². The van der Waals surface area contributed by atoms with E-state index in [0.717, 1.165) is 0 Å². The zero-order valence-corrected chi connectivity index (χ0v) is 14.4. The van der Waals surface area contributed by atoms with Crippen LogP contribution in [-0.2, 0) is 4.74 Å². The van der Waals surface area contributed by atoms with Crippen LogP contribution in [0.2, 0.25) is 0 Å². The molecule has 3 heterocycles. The van der Waals surface area contributed by atoms with Gasteiger partial charge in [-0.05, 0) is 31.9 Å². The van der Waals surface area contributed by atoms with E-state index >= 15 is 0 Å². The largest absolute Gasteiger partial charge is 0.394 e. The van der Waals surface area contributed by atoms with E-state index in [1.54, 1.807) is 0 Å². The smallest absolute Gasteiger partial charge is 0.166 e. The molecule has 3 N–H and O–H groups in total. The van der Waals surface area contributed by atoms with Crippen LogP contribution >= 0.6 is 0 Å². The molecule has 1 fully saturated rings. The second kappa shape index (κ2) is 7.79. The molecule has 0 radical (unpaired) electrons. The molecule has 0 unspecified atom stereocenters. The van der Waals surface area contributed by atoms with Crippen molar-refractivity contribution in [2.75, 3.05) is 27.2 Å². The molecule has 3 rings (SSSR count). The Labute approximate surface area is 150 Å². The summed E-state index contributed by atoms with van der Waals surface area (Å²) < 4.78 is 7.00. The van der Waals surface area contributed by atoms with Gasteiger partial charge >= 0.3 is 0 Å². The lowest BCUT2D eigenvalue weighted by molar-refractivity contribution is -0.0511. The summed E-state index contributed by atoms with van der Waals surface area (Å²) in [7, 11) is 3.83. The summed E-state index contributed by atoms with van der Waals surface area (Å²) in [5.74, 6) is 11.2. The minimum absolute atomic E-state index is 0.402. The first-order valence-electron chi connectivity index (χ1n) is 7.96. The number of nitrogens with zero attached hydrogens (tertiary/aromatic N) is 5. The summed E-state index contributed by atoms with van der Waals surface area (Å²) in [5.41, 5.74) is 1.24. The molecule has 1 aliphatic rings. The predicted molar refractivity (Wildman–Crippen MR) is 91.5 cm³/mol. The van der Waals surface area contributed by atoms with Gasteiger partial charge in [-0.1, -0.05) is 5.92 Å². The second-order valence-electron chi connectivity index (χ2n) is 6.06. The average molecular weight is 357 g/mol. The van der Waals surface area contributed by atoms with Crippen molar-refractivity contribution in [1.82, 2.24) is 24.4 Å². The van der Waals surface area contributed by atoms with Gasteiger partial charge in [0.2, 0.25) is 0 Å². The van der Waals surface area contributed by atoms with E-state index in [4.69, 9.17) is 4.74 Å². The molecule has 0 saturated carbocycles.